The molecule has 0 saturated carbocycles. The first-order chi connectivity index (χ1) is 14.8. The third-order valence-corrected chi connectivity index (χ3v) is 6.56. The van der Waals surface area contributed by atoms with E-state index in [9.17, 15) is 13.2 Å². The summed E-state index contributed by atoms with van der Waals surface area (Å²) >= 11 is 0. The van der Waals surface area contributed by atoms with E-state index < -0.39 is 10.0 Å². The van der Waals surface area contributed by atoms with E-state index in [0.29, 0.717) is 18.7 Å². The Morgan fingerprint density at radius 1 is 0.968 bits per heavy atom. The van der Waals surface area contributed by atoms with Gasteiger partial charge in [0.15, 0.2) is 0 Å². The van der Waals surface area contributed by atoms with Crippen LogP contribution in [0.2, 0.25) is 0 Å². The van der Waals surface area contributed by atoms with Crippen molar-refractivity contribution in [1.82, 2.24) is 14.6 Å². The molecule has 3 rings (SSSR count). The topological polar surface area (TPSA) is 91.4 Å². The van der Waals surface area contributed by atoms with E-state index in [1.807, 2.05) is 49.4 Å². The number of hydrogen-bond donors (Lipinski definition) is 2. The number of carbonyl (C=O) groups is 1. The van der Waals surface area contributed by atoms with Crippen LogP contribution in [0.25, 0.3) is 0 Å². The van der Waals surface area contributed by atoms with Crippen LogP contribution in [-0.2, 0) is 23.0 Å². The smallest absolute Gasteiger partial charge is 0.319 e. The number of nitrogens with one attached hydrogen (secondary N) is 2. The Bertz CT molecular complexity index is 1100. The molecule has 8 heteroatoms. The number of hydrogen-bond acceptors (Lipinski definition) is 4. The Morgan fingerprint density at radius 2 is 1.68 bits per heavy atom. The number of urea groups is 1. The summed E-state index contributed by atoms with van der Waals surface area (Å²) in [5.74, 6) is 0. The van der Waals surface area contributed by atoms with Crippen LogP contribution in [0.3, 0.4) is 0 Å². The molecule has 1 heterocycles. The fraction of sp³-hybridized carbons (Fsp3) is 0.217. The molecule has 7 nitrogen and oxygen atoms in total. The minimum atomic E-state index is -3.63. The maximum Gasteiger partial charge on any atom is 0.319 e. The summed E-state index contributed by atoms with van der Waals surface area (Å²) in [6.45, 7) is 2.67. The molecule has 0 saturated heterocycles. The molecule has 2 N–H and O–H groups in total. The highest BCUT2D eigenvalue weighted by Gasteiger charge is 2.20. The lowest BCUT2D eigenvalue weighted by atomic mass is 10.2. The quantitative estimate of drug-likeness (QED) is 0.562. The van der Waals surface area contributed by atoms with Crippen molar-refractivity contribution >= 4 is 21.7 Å². The lowest BCUT2D eigenvalue weighted by molar-refractivity contribution is 0.252. The van der Waals surface area contributed by atoms with Crippen LogP contribution in [-0.4, -0.2) is 37.3 Å². The number of benzene rings is 2. The molecule has 0 spiro atoms. The lowest BCUT2D eigenvalue weighted by Gasteiger charge is -2.17. The van der Waals surface area contributed by atoms with Gasteiger partial charge in [-0.2, -0.15) is 4.31 Å². The zero-order chi connectivity index (χ0) is 22.3. The van der Waals surface area contributed by atoms with Crippen molar-refractivity contribution in [2.24, 2.45) is 0 Å². The SMILES string of the molecule is Cc1ccc(CCNC(=O)Nc2ccc(S(=O)(=O)N(C)Cc3ccccc3)cc2)cn1. The van der Waals surface area contributed by atoms with Crippen molar-refractivity contribution in [3.05, 3.63) is 89.7 Å². The van der Waals surface area contributed by atoms with E-state index in [1.54, 1.807) is 25.4 Å². The molecule has 0 radical (unpaired) electrons. The van der Waals surface area contributed by atoms with E-state index in [0.717, 1.165) is 16.8 Å². The fourth-order valence-corrected chi connectivity index (χ4v) is 4.12. The number of nitrogens with zero attached hydrogens (tertiary/aromatic N) is 2. The molecule has 0 aliphatic heterocycles. The molecule has 1 aromatic heterocycles. The van der Waals surface area contributed by atoms with Gasteiger partial charge in [-0.25, -0.2) is 13.2 Å². The summed E-state index contributed by atoms with van der Waals surface area (Å²) in [6.07, 6.45) is 2.47. The van der Waals surface area contributed by atoms with Crippen LogP contribution in [0.15, 0.2) is 77.8 Å². The second-order valence-corrected chi connectivity index (χ2v) is 9.25. The van der Waals surface area contributed by atoms with Gasteiger partial charge in [0.05, 0.1) is 4.90 Å². The number of amides is 2. The van der Waals surface area contributed by atoms with Gasteiger partial charge in [0.2, 0.25) is 10.0 Å². The molecule has 2 aromatic carbocycles. The molecule has 0 atom stereocenters. The van der Waals surface area contributed by atoms with E-state index in [-0.39, 0.29) is 17.5 Å². The highest BCUT2D eigenvalue weighted by molar-refractivity contribution is 7.89. The normalized spacial score (nSPS) is 11.3. The summed E-state index contributed by atoms with van der Waals surface area (Å²) in [6, 6.07) is 19.1. The fourth-order valence-electron chi connectivity index (χ4n) is 2.96. The predicted molar refractivity (Wildman–Crippen MR) is 121 cm³/mol. The van der Waals surface area contributed by atoms with Crippen LogP contribution >= 0.6 is 0 Å². The van der Waals surface area contributed by atoms with Crippen molar-refractivity contribution < 1.29 is 13.2 Å². The van der Waals surface area contributed by atoms with Crippen LogP contribution in [0.5, 0.6) is 0 Å². The minimum Gasteiger partial charge on any atom is -0.338 e. The Labute approximate surface area is 183 Å². The lowest BCUT2D eigenvalue weighted by Crippen LogP contribution is -2.30. The van der Waals surface area contributed by atoms with Gasteiger partial charge in [-0.1, -0.05) is 36.4 Å². The third-order valence-electron chi connectivity index (χ3n) is 4.74. The van der Waals surface area contributed by atoms with Crippen molar-refractivity contribution in [3.63, 3.8) is 0 Å². The zero-order valence-corrected chi connectivity index (χ0v) is 18.4. The second kappa shape index (κ2) is 10.2. The van der Waals surface area contributed by atoms with Crippen molar-refractivity contribution in [2.75, 3.05) is 18.9 Å². The van der Waals surface area contributed by atoms with Gasteiger partial charge in [-0.3, -0.25) is 4.98 Å². The maximum absolute atomic E-state index is 12.8. The van der Waals surface area contributed by atoms with Gasteiger partial charge in [-0.05, 0) is 54.8 Å². The molecule has 31 heavy (non-hydrogen) atoms. The summed E-state index contributed by atoms with van der Waals surface area (Å²) in [5, 5.41) is 5.49. The van der Waals surface area contributed by atoms with E-state index in [1.165, 1.54) is 16.4 Å². The minimum absolute atomic E-state index is 0.170. The van der Waals surface area contributed by atoms with E-state index in [4.69, 9.17) is 0 Å². The van der Waals surface area contributed by atoms with Gasteiger partial charge in [0, 0.05) is 37.7 Å². The summed E-state index contributed by atoms with van der Waals surface area (Å²) < 4.78 is 26.9. The van der Waals surface area contributed by atoms with Gasteiger partial charge < -0.3 is 10.6 Å². The number of aryl methyl sites for hydroxylation is 1. The van der Waals surface area contributed by atoms with Crippen LogP contribution in [0, 0.1) is 6.92 Å². The van der Waals surface area contributed by atoms with E-state index in [2.05, 4.69) is 15.6 Å². The van der Waals surface area contributed by atoms with Crippen molar-refractivity contribution in [3.8, 4) is 0 Å². The molecule has 0 aliphatic carbocycles. The summed E-state index contributed by atoms with van der Waals surface area (Å²) in [5.41, 5.74) is 3.41. The molecule has 0 fully saturated rings. The molecule has 2 amide bonds. The third kappa shape index (κ3) is 6.37. The molecule has 0 aliphatic rings. The Kier molecular flexibility index (Phi) is 7.38. The highest BCUT2D eigenvalue weighted by atomic mass is 32.2. The van der Waals surface area contributed by atoms with Gasteiger partial charge in [-0.15, -0.1) is 0 Å². The average Bonchev–Trinajstić information content (AvgIpc) is 2.76. The highest BCUT2D eigenvalue weighted by Crippen LogP contribution is 2.19. The number of aromatic nitrogens is 1. The van der Waals surface area contributed by atoms with E-state index >= 15 is 0 Å². The number of rotatable bonds is 8. The number of sulfonamides is 1. The van der Waals surface area contributed by atoms with Gasteiger partial charge in [0.25, 0.3) is 0 Å². The predicted octanol–water partition coefficient (Wildman–Crippen LogP) is 3.57. The second-order valence-electron chi connectivity index (χ2n) is 7.21. The van der Waals surface area contributed by atoms with Crippen molar-refractivity contribution in [2.45, 2.75) is 24.8 Å². The maximum atomic E-state index is 12.8. The molecule has 3 aromatic rings. The average molecular weight is 439 g/mol. The Hall–Kier alpha value is -3.23. The Balaban J connectivity index is 1.52. The number of carbonyl (C=O) groups excluding carboxylic acids is 1. The van der Waals surface area contributed by atoms with Gasteiger partial charge in [0.1, 0.15) is 0 Å². The van der Waals surface area contributed by atoms with Crippen LogP contribution < -0.4 is 10.6 Å². The number of pyridine rings is 1. The molecular formula is C23H26N4O3S. The van der Waals surface area contributed by atoms with Crippen LogP contribution in [0.1, 0.15) is 16.8 Å². The molecule has 0 bridgehead atoms. The zero-order valence-electron chi connectivity index (χ0n) is 17.6. The first-order valence-corrected chi connectivity index (χ1v) is 11.4. The van der Waals surface area contributed by atoms with Crippen molar-refractivity contribution in [1.29, 1.82) is 0 Å². The first kappa shape index (κ1) is 22.5. The summed E-state index contributed by atoms with van der Waals surface area (Å²) in [4.78, 5) is 16.5. The number of anilines is 1. The molecular weight excluding hydrogens is 412 g/mol. The largest absolute Gasteiger partial charge is 0.338 e. The molecule has 162 valence electrons. The first-order valence-electron chi connectivity index (χ1n) is 9.91. The standard InChI is InChI=1S/C23H26N4O3S/c1-18-8-9-19(16-25-18)14-15-24-23(28)26-21-10-12-22(13-11-21)31(29,30)27(2)17-20-6-4-3-5-7-20/h3-13,16H,14-15,17H2,1-2H3,(H2,24,26,28). The Morgan fingerprint density at radius 3 is 2.32 bits per heavy atom. The van der Waals surface area contributed by atoms with Gasteiger partial charge >= 0.3 is 6.03 Å². The molecule has 0 unspecified atom stereocenters. The van der Waals surface area contributed by atoms with Crippen LogP contribution in [0.4, 0.5) is 10.5 Å². The summed E-state index contributed by atoms with van der Waals surface area (Å²) in [7, 11) is -2.08. The monoisotopic (exact) mass is 438 g/mol.